The van der Waals surface area contributed by atoms with Crippen LogP contribution in [-0.2, 0) is 6.54 Å². The van der Waals surface area contributed by atoms with Crippen molar-refractivity contribution in [2.45, 2.75) is 25.4 Å². The van der Waals surface area contributed by atoms with Crippen LogP contribution in [0.15, 0.2) is 35.3 Å². The van der Waals surface area contributed by atoms with Gasteiger partial charge in [0.05, 0.1) is 17.4 Å². The van der Waals surface area contributed by atoms with Gasteiger partial charge in [-0.05, 0) is 41.3 Å². The number of nitrogens with one attached hydrogen (secondary N) is 1. The Bertz CT molecular complexity index is 593. The number of aromatic nitrogens is 1. The van der Waals surface area contributed by atoms with E-state index in [2.05, 4.69) is 27.1 Å². The van der Waals surface area contributed by atoms with Gasteiger partial charge >= 0.3 is 0 Å². The molecule has 0 saturated heterocycles. The molecular formula is C15H17N3OS. The zero-order valence-corrected chi connectivity index (χ0v) is 12.2. The maximum Gasteiger partial charge on any atom is 0.256 e. The monoisotopic (exact) mass is 287 g/mol. The van der Waals surface area contributed by atoms with E-state index in [9.17, 15) is 4.79 Å². The minimum Gasteiger partial charge on any atom is -0.386 e. The number of anilines is 1. The summed E-state index contributed by atoms with van der Waals surface area (Å²) in [5, 5.41) is 7.20. The molecule has 1 N–H and O–H groups in total. The molecule has 0 spiro atoms. The Kier molecular flexibility index (Phi) is 3.69. The second-order valence-corrected chi connectivity index (χ2v) is 5.75. The molecule has 0 unspecified atom stereocenters. The number of nitrogens with zero attached hydrogens (tertiary/aromatic N) is 2. The van der Waals surface area contributed by atoms with Gasteiger partial charge in [0, 0.05) is 25.8 Å². The van der Waals surface area contributed by atoms with Crippen LogP contribution in [0.5, 0.6) is 0 Å². The first kappa shape index (κ1) is 13.1. The molecule has 0 aliphatic heterocycles. The molecule has 104 valence electrons. The summed E-state index contributed by atoms with van der Waals surface area (Å²) >= 11 is 1.67. The minimum atomic E-state index is 0.0884. The molecule has 0 bridgehead atoms. The Hall–Kier alpha value is -1.88. The first-order valence-electron chi connectivity index (χ1n) is 6.73. The lowest BCUT2D eigenvalue weighted by Crippen LogP contribution is -2.33. The van der Waals surface area contributed by atoms with Crippen molar-refractivity contribution in [3.05, 3.63) is 46.4 Å². The van der Waals surface area contributed by atoms with E-state index in [0.717, 1.165) is 18.5 Å². The quantitative estimate of drug-likeness (QED) is 0.919. The molecule has 2 heterocycles. The van der Waals surface area contributed by atoms with Gasteiger partial charge in [-0.3, -0.25) is 9.78 Å². The topological polar surface area (TPSA) is 45.2 Å². The van der Waals surface area contributed by atoms with E-state index in [-0.39, 0.29) is 5.91 Å². The van der Waals surface area contributed by atoms with E-state index < -0.39 is 0 Å². The number of pyridine rings is 1. The summed E-state index contributed by atoms with van der Waals surface area (Å²) < 4.78 is 0. The van der Waals surface area contributed by atoms with Gasteiger partial charge in [0.15, 0.2) is 0 Å². The number of rotatable bonds is 5. The normalized spacial score (nSPS) is 14.1. The van der Waals surface area contributed by atoms with Gasteiger partial charge in [-0.25, -0.2) is 0 Å². The van der Waals surface area contributed by atoms with E-state index in [4.69, 9.17) is 0 Å². The highest BCUT2D eigenvalue weighted by Crippen LogP contribution is 2.31. The fraction of sp³-hybridized carbons (Fsp3) is 0.333. The van der Waals surface area contributed by atoms with Crippen molar-refractivity contribution < 1.29 is 4.79 Å². The fourth-order valence-corrected chi connectivity index (χ4v) is 2.93. The molecule has 0 atom stereocenters. The van der Waals surface area contributed by atoms with Crippen LogP contribution >= 0.6 is 11.3 Å². The summed E-state index contributed by atoms with van der Waals surface area (Å²) in [7, 11) is 1.81. The summed E-state index contributed by atoms with van der Waals surface area (Å²) in [4.78, 5) is 18.8. The van der Waals surface area contributed by atoms with Crippen LogP contribution in [0.4, 0.5) is 5.69 Å². The predicted octanol–water partition coefficient (Wildman–Crippen LogP) is 2.99. The summed E-state index contributed by atoms with van der Waals surface area (Å²) in [6, 6.07) is 4.26. The largest absolute Gasteiger partial charge is 0.386 e. The molecule has 3 rings (SSSR count). The molecule has 1 saturated carbocycles. The molecule has 4 nitrogen and oxygen atoms in total. The lowest BCUT2D eigenvalue weighted by molar-refractivity contribution is 0.0731. The second-order valence-electron chi connectivity index (χ2n) is 4.97. The maximum absolute atomic E-state index is 12.8. The number of carbonyl (C=O) groups excluding carboxylic acids is 1. The Balaban J connectivity index is 1.85. The van der Waals surface area contributed by atoms with Crippen LogP contribution in [0.3, 0.4) is 0 Å². The molecule has 20 heavy (non-hydrogen) atoms. The Labute approximate surface area is 122 Å². The lowest BCUT2D eigenvalue weighted by atomic mass is 10.2. The van der Waals surface area contributed by atoms with Crippen molar-refractivity contribution in [3.8, 4) is 0 Å². The Morgan fingerprint density at radius 1 is 1.50 bits per heavy atom. The summed E-state index contributed by atoms with van der Waals surface area (Å²) in [5.41, 5.74) is 2.69. The average molecular weight is 287 g/mol. The summed E-state index contributed by atoms with van der Waals surface area (Å²) in [5.74, 6) is 0.0884. The molecule has 1 amide bonds. The number of hydrogen-bond donors (Lipinski definition) is 1. The fourth-order valence-electron chi connectivity index (χ4n) is 2.27. The van der Waals surface area contributed by atoms with Gasteiger partial charge < -0.3 is 10.2 Å². The highest BCUT2D eigenvalue weighted by Gasteiger charge is 2.33. The van der Waals surface area contributed by atoms with Gasteiger partial charge in [-0.1, -0.05) is 0 Å². The zero-order chi connectivity index (χ0) is 13.9. The predicted molar refractivity (Wildman–Crippen MR) is 81.0 cm³/mol. The third-order valence-corrected chi connectivity index (χ3v) is 4.23. The minimum absolute atomic E-state index is 0.0884. The molecule has 1 aliphatic rings. The van der Waals surface area contributed by atoms with Crippen LogP contribution in [-0.4, -0.2) is 28.9 Å². The lowest BCUT2D eigenvalue weighted by Gasteiger charge is -2.23. The van der Waals surface area contributed by atoms with Crippen molar-refractivity contribution >= 4 is 22.9 Å². The maximum atomic E-state index is 12.8. The van der Waals surface area contributed by atoms with E-state index >= 15 is 0 Å². The highest BCUT2D eigenvalue weighted by molar-refractivity contribution is 7.07. The van der Waals surface area contributed by atoms with E-state index in [0.29, 0.717) is 18.2 Å². The van der Waals surface area contributed by atoms with Gasteiger partial charge in [0.2, 0.25) is 0 Å². The first-order valence-corrected chi connectivity index (χ1v) is 7.67. The third kappa shape index (κ3) is 2.67. The average Bonchev–Trinajstić information content (AvgIpc) is 3.20. The molecule has 1 fully saturated rings. The zero-order valence-electron chi connectivity index (χ0n) is 11.4. The van der Waals surface area contributed by atoms with Gasteiger partial charge in [0.1, 0.15) is 0 Å². The van der Waals surface area contributed by atoms with Gasteiger partial charge in [-0.2, -0.15) is 11.3 Å². The van der Waals surface area contributed by atoms with Gasteiger partial charge in [0.25, 0.3) is 5.91 Å². The number of carbonyl (C=O) groups is 1. The standard InChI is InChI=1S/C15H17N3OS/c1-16-14-8-17-6-4-13(14)15(19)18(12-2-3-12)9-11-5-7-20-10-11/h4-8,10,12,16H,2-3,9H2,1H3. The van der Waals surface area contributed by atoms with Crippen molar-refractivity contribution in [3.63, 3.8) is 0 Å². The van der Waals surface area contributed by atoms with Crippen LogP contribution in [0.1, 0.15) is 28.8 Å². The third-order valence-electron chi connectivity index (χ3n) is 3.50. The highest BCUT2D eigenvalue weighted by atomic mass is 32.1. The molecule has 2 aromatic heterocycles. The molecular weight excluding hydrogens is 270 g/mol. The van der Waals surface area contributed by atoms with Crippen molar-refractivity contribution in [2.75, 3.05) is 12.4 Å². The van der Waals surface area contributed by atoms with Crippen LogP contribution < -0.4 is 5.32 Å². The van der Waals surface area contributed by atoms with E-state index in [1.807, 2.05) is 11.9 Å². The van der Waals surface area contributed by atoms with Crippen LogP contribution in [0, 0.1) is 0 Å². The summed E-state index contributed by atoms with van der Waals surface area (Å²) in [6.45, 7) is 0.693. The number of amides is 1. The smallest absolute Gasteiger partial charge is 0.256 e. The number of hydrogen-bond acceptors (Lipinski definition) is 4. The van der Waals surface area contributed by atoms with Gasteiger partial charge in [-0.15, -0.1) is 0 Å². The number of thiophene rings is 1. The second kappa shape index (κ2) is 5.63. The first-order chi connectivity index (χ1) is 9.79. The van der Waals surface area contributed by atoms with Crippen LogP contribution in [0.25, 0.3) is 0 Å². The van der Waals surface area contributed by atoms with Crippen LogP contribution in [0.2, 0.25) is 0 Å². The SMILES string of the molecule is CNc1cnccc1C(=O)N(Cc1ccsc1)C1CC1. The van der Waals surface area contributed by atoms with E-state index in [1.165, 1.54) is 5.56 Å². The summed E-state index contributed by atoms with van der Waals surface area (Å²) in [6.07, 6.45) is 5.58. The molecule has 2 aromatic rings. The Morgan fingerprint density at radius 3 is 3.00 bits per heavy atom. The molecule has 0 radical (unpaired) electrons. The molecule has 0 aromatic carbocycles. The van der Waals surface area contributed by atoms with Crippen molar-refractivity contribution in [1.82, 2.24) is 9.88 Å². The van der Waals surface area contributed by atoms with Crippen molar-refractivity contribution in [2.24, 2.45) is 0 Å². The Morgan fingerprint density at radius 2 is 2.35 bits per heavy atom. The van der Waals surface area contributed by atoms with E-state index in [1.54, 1.807) is 29.8 Å². The van der Waals surface area contributed by atoms with Crippen molar-refractivity contribution in [1.29, 1.82) is 0 Å². The molecule has 1 aliphatic carbocycles. The molecule has 5 heteroatoms.